The molecule has 2 aliphatic carbocycles. The predicted octanol–water partition coefficient (Wildman–Crippen LogP) is 1.80. The molecule has 2 fully saturated rings. The molecule has 3 rings (SSSR count). The Bertz CT molecular complexity index is 463. The van der Waals surface area contributed by atoms with E-state index >= 15 is 0 Å². The van der Waals surface area contributed by atoms with Crippen molar-refractivity contribution in [2.24, 2.45) is 11.7 Å². The van der Waals surface area contributed by atoms with Crippen LogP contribution in [0.15, 0.2) is 9.85 Å². The summed E-state index contributed by atoms with van der Waals surface area (Å²) in [6.07, 6.45) is 6.46. The van der Waals surface area contributed by atoms with Gasteiger partial charge in [0.15, 0.2) is 4.34 Å². The van der Waals surface area contributed by atoms with Gasteiger partial charge in [-0.15, -0.1) is 10.2 Å². The first-order valence-electron chi connectivity index (χ1n) is 7.17. The van der Waals surface area contributed by atoms with Crippen molar-refractivity contribution < 1.29 is 4.79 Å². The van der Waals surface area contributed by atoms with Gasteiger partial charge in [-0.3, -0.25) is 4.79 Å². The summed E-state index contributed by atoms with van der Waals surface area (Å²) >= 11 is 3.29. The van der Waals surface area contributed by atoms with E-state index in [-0.39, 0.29) is 5.91 Å². The first kappa shape index (κ1) is 14.3. The van der Waals surface area contributed by atoms with Crippen LogP contribution in [0, 0.1) is 5.92 Å². The van der Waals surface area contributed by atoms with Crippen LogP contribution in [0.3, 0.4) is 0 Å². The third kappa shape index (κ3) is 2.99. The van der Waals surface area contributed by atoms with Crippen molar-refractivity contribution in [3.05, 3.63) is 5.51 Å². The molecule has 0 radical (unpaired) electrons. The van der Waals surface area contributed by atoms with Crippen LogP contribution < -0.4 is 11.1 Å². The zero-order valence-corrected chi connectivity index (χ0v) is 13.0. The Morgan fingerprint density at radius 1 is 1.55 bits per heavy atom. The van der Waals surface area contributed by atoms with E-state index in [0.29, 0.717) is 12.0 Å². The number of rotatable bonds is 7. The standard InChI is InChI=1S/C13H20N4OS2/c14-11(18)13(16-10-3-4-10)6-1-2-9(13)5-7-19-12-17-15-8-20-12/h8-10,16H,1-7H2,(H2,14,18). The average Bonchev–Trinajstić information content (AvgIpc) is 2.91. The Labute approximate surface area is 127 Å². The Hall–Kier alpha value is -0.660. The lowest BCUT2D eigenvalue weighted by atomic mass is 9.84. The molecule has 2 atom stereocenters. The van der Waals surface area contributed by atoms with Gasteiger partial charge in [0.05, 0.1) is 0 Å². The Kier molecular flexibility index (Phi) is 4.28. The fourth-order valence-corrected chi connectivity index (χ4v) is 4.77. The molecule has 1 aromatic heterocycles. The van der Waals surface area contributed by atoms with Crippen molar-refractivity contribution in [1.82, 2.24) is 15.5 Å². The summed E-state index contributed by atoms with van der Waals surface area (Å²) in [6.45, 7) is 0. The summed E-state index contributed by atoms with van der Waals surface area (Å²) < 4.78 is 1.00. The van der Waals surface area contributed by atoms with Gasteiger partial charge in [-0.1, -0.05) is 29.5 Å². The maximum atomic E-state index is 12.0. The minimum Gasteiger partial charge on any atom is -0.368 e. The Morgan fingerprint density at radius 2 is 2.40 bits per heavy atom. The number of nitrogens with zero attached hydrogens (tertiary/aromatic N) is 2. The summed E-state index contributed by atoms with van der Waals surface area (Å²) in [6, 6.07) is 0.513. The fourth-order valence-electron chi connectivity index (χ4n) is 3.16. The second-order valence-electron chi connectivity index (χ2n) is 5.69. The monoisotopic (exact) mass is 312 g/mol. The molecule has 5 nitrogen and oxygen atoms in total. The van der Waals surface area contributed by atoms with Gasteiger partial charge in [0.1, 0.15) is 11.0 Å². The molecular weight excluding hydrogens is 292 g/mol. The molecule has 110 valence electrons. The van der Waals surface area contributed by atoms with Crippen LogP contribution in [0.2, 0.25) is 0 Å². The molecule has 0 aromatic carbocycles. The third-order valence-corrected chi connectivity index (χ3v) is 6.22. The van der Waals surface area contributed by atoms with E-state index < -0.39 is 5.54 Å². The lowest BCUT2D eigenvalue weighted by Gasteiger charge is -2.34. The molecule has 0 saturated heterocycles. The quantitative estimate of drug-likeness (QED) is 0.750. The number of carbonyl (C=O) groups excluding carboxylic acids is 1. The summed E-state index contributed by atoms with van der Waals surface area (Å²) in [5.41, 5.74) is 7.03. The van der Waals surface area contributed by atoms with Crippen molar-refractivity contribution in [1.29, 1.82) is 0 Å². The average molecular weight is 312 g/mol. The second kappa shape index (κ2) is 5.99. The van der Waals surface area contributed by atoms with Gasteiger partial charge in [0.2, 0.25) is 5.91 Å². The van der Waals surface area contributed by atoms with Gasteiger partial charge < -0.3 is 11.1 Å². The van der Waals surface area contributed by atoms with Gasteiger partial charge in [0, 0.05) is 11.8 Å². The van der Waals surface area contributed by atoms with Crippen molar-refractivity contribution in [2.45, 2.75) is 54.4 Å². The van der Waals surface area contributed by atoms with Crippen LogP contribution in [-0.2, 0) is 4.79 Å². The van der Waals surface area contributed by atoms with Crippen LogP contribution in [0.5, 0.6) is 0 Å². The molecule has 0 bridgehead atoms. The summed E-state index contributed by atoms with van der Waals surface area (Å²) in [5, 5.41) is 11.4. The van der Waals surface area contributed by atoms with E-state index in [1.807, 2.05) is 0 Å². The van der Waals surface area contributed by atoms with E-state index in [4.69, 9.17) is 5.73 Å². The van der Waals surface area contributed by atoms with E-state index in [9.17, 15) is 4.79 Å². The first-order chi connectivity index (χ1) is 9.71. The van der Waals surface area contributed by atoms with Crippen LogP contribution in [0.1, 0.15) is 38.5 Å². The molecule has 1 aromatic rings. The van der Waals surface area contributed by atoms with Crippen LogP contribution >= 0.6 is 23.1 Å². The number of nitrogens with two attached hydrogens (primary N) is 1. The fraction of sp³-hybridized carbons (Fsp3) is 0.769. The third-order valence-electron chi connectivity index (χ3n) is 4.33. The van der Waals surface area contributed by atoms with Gasteiger partial charge in [-0.05, 0) is 38.0 Å². The molecule has 20 heavy (non-hydrogen) atoms. The van der Waals surface area contributed by atoms with Crippen molar-refractivity contribution in [3.63, 3.8) is 0 Å². The highest BCUT2D eigenvalue weighted by Crippen LogP contribution is 2.41. The number of primary amides is 1. The molecule has 2 aliphatic rings. The predicted molar refractivity (Wildman–Crippen MR) is 80.7 cm³/mol. The summed E-state index contributed by atoms with van der Waals surface area (Å²) in [4.78, 5) is 12.0. The molecule has 0 spiro atoms. The zero-order chi connectivity index (χ0) is 14.0. The number of aromatic nitrogens is 2. The van der Waals surface area contributed by atoms with Gasteiger partial charge in [0.25, 0.3) is 0 Å². The van der Waals surface area contributed by atoms with Gasteiger partial charge >= 0.3 is 0 Å². The van der Waals surface area contributed by atoms with Gasteiger partial charge in [-0.25, -0.2) is 0 Å². The second-order valence-corrected chi connectivity index (χ2v) is 7.86. The summed E-state index contributed by atoms with van der Waals surface area (Å²) in [5.74, 6) is 1.18. The van der Waals surface area contributed by atoms with Gasteiger partial charge in [-0.2, -0.15) is 0 Å². The summed E-state index contributed by atoms with van der Waals surface area (Å²) in [7, 11) is 0. The minimum atomic E-state index is -0.456. The molecule has 1 amide bonds. The maximum absolute atomic E-state index is 12.0. The smallest absolute Gasteiger partial charge is 0.238 e. The number of thioether (sulfide) groups is 1. The molecule has 2 unspecified atom stereocenters. The van der Waals surface area contributed by atoms with Crippen LogP contribution in [0.25, 0.3) is 0 Å². The number of hydrogen-bond acceptors (Lipinski definition) is 6. The lowest BCUT2D eigenvalue weighted by molar-refractivity contribution is -0.126. The molecule has 0 aliphatic heterocycles. The number of carbonyl (C=O) groups is 1. The number of hydrogen-bond donors (Lipinski definition) is 2. The zero-order valence-electron chi connectivity index (χ0n) is 11.4. The lowest BCUT2D eigenvalue weighted by Crippen LogP contribution is -2.58. The minimum absolute atomic E-state index is 0.159. The maximum Gasteiger partial charge on any atom is 0.238 e. The van der Waals surface area contributed by atoms with E-state index in [0.717, 1.165) is 35.8 Å². The SMILES string of the molecule is NC(=O)C1(NC2CC2)CCCC1CCSc1nncs1. The molecule has 1 heterocycles. The highest BCUT2D eigenvalue weighted by atomic mass is 32.2. The highest BCUT2D eigenvalue weighted by Gasteiger charge is 2.49. The first-order valence-corrected chi connectivity index (χ1v) is 9.04. The Morgan fingerprint density at radius 3 is 3.05 bits per heavy atom. The topological polar surface area (TPSA) is 80.9 Å². The van der Waals surface area contributed by atoms with E-state index in [1.165, 1.54) is 12.8 Å². The molecule has 2 saturated carbocycles. The van der Waals surface area contributed by atoms with Crippen LogP contribution in [-0.4, -0.2) is 33.4 Å². The van der Waals surface area contributed by atoms with E-state index in [2.05, 4.69) is 15.5 Å². The molecule has 3 N–H and O–H groups in total. The molecular formula is C13H20N4OS2. The van der Waals surface area contributed by atoms with Crippen LogP contribution in [0.4, 0.5) is 0 Å². The Balaban J connectivity index is 1.59. The van der Waals surface area contributed by atoms with Crippen molar-refractivity contribution in [3.8, 4) is 0 Å². The van der Waals surface area contributed by atoms with Crippen molar-refractivity contribution in [2.75, 3.05) is 5.75 Å². The number of nitrogens with one attached hydrogen (secondary N) is 1. The van der Waals surface area contributed by atoms with E-state index in [1.54, 1.807) is 28.6 Å². The number of amides is 1. The molecule has 7 heteroatoms. The highest BCUT2D eigenvalue weighted by molar-refractivity contribution is 8.00. The largest absolute Gasteiger partial charge is 0.368 e. The normalized spacial score (nSPS) is 29.7. The van der Waals surface area contributed by atoms with Crippen molar-refractivity contribution >= 4 is 29.0 Å².